The SMILES string of the molecule is N[C@H](CC1CCCCC1)C(O)C(=O)Nc1ccc(Oc2ccccc2)cc1. The van der Waals surface area contributed by atoms with E-state index in [1.807, 2.05) is 30.3 Å². The van der Waals surface area contributed by atoms with Gasteiger partial charge in [0, 0.05) is 11.7 Å². The minimum Gasteiger partial charge on any atom is -0.457 e. The molecule has 0 aliphatic heterocycles. The Hall–Kier alpha value is -2.37. The Kier molecular flexibility index (Phi) is 6.85. The van der Waals surface area contributed by atoms with E-state index in [1.54, 1.807) is 24.3 Å². The van der Waals surface area contributed by atoms with Gasteiger partial charge in [-0.05, 0) is 48.7 Å². The molecule has 1 aliphatic carbocycles. The monoisotopic (exact) mass is 368 g/mol. The largest absolute Gasteiger partial charge is 0.457 e. The smallest absolute Gasteiger partial charge is 0.254 e. The molecule has 4 N–H and O–H groups in total. The molecule has 0 radical (unpaired) electrons. The average Bonchev–Trinajstić information content (AvgIpc) is 2.70. The van der Waals surface area contributed by atoms with Crippen LogP contribution < -0.4 is 15.8 Å². The molecule has 0 heterocycles. The lowest BCUT2D eigenvalue weighted by atomic mass is 9.84. The lowest BCUT2D eigenvalue weighted by Gasteiger charge is -2.26. The fourth-order valence-corrected chi connectivity index (χ4v) is 3.58. The number of rotatable bonds is 7. The molecular weight excluding hydrogens is 340 g/mol. The van der Waals surface area contributed by atoms with Crippen molar-refractivity contribution >= 4 is 11.6 Å². The minimum absolute atomic E-state index is 0.463. The highest BCUT2D eigenvalue weighted by Gasteiger charge is 2.26. The number of aliphatic hydroxyl groups excluding tert-OH is 1. The molecule has 3 rings (SSSR count). The van der Waals surface area contributed by atoms with E-state index >= 15 is 0 Å². The topological polar surface area (TPSA) is 84.6 Å². The second-order valence-corrected chi connectivity index (χ2v) is 7.28. The first-order valence-corrected chi connectivity index (χ1v) is 9.69. The molecule has 1 fully saturated rings. The zero-order chi connectivity index (χ0) is 19.1. The van der Waals surface area contributed by atoms with Crippen LogP contribution in [0, 0.1) is 5.92 Å². The summed E-state index contributed by atoms with van der Waals surface area (Å²) in [5.41, 5.74) is 6.68. The highest BCUT2D eigenvalue weighted by atomic mass is 16.5. The molecule has 1 aliphatic rings. The maximum atomic E-state index is 12.3. The van der Waals surface area contributed by atoms with Crippen molar-refractivity contribution in [2.75, 3.05) is 5.32 Å². The molecule has 27 heavy (non-hydrogen) atoms. The van der Waals surface area contributed by atoms with Crippen LogP contribution in [-0.4, -0.2) is 23.2 Å². The van der Waals surface area contributed by atoms with E-state index in [-0.39, 0.29) is 0 Å². The summed E-state index contributed by atoms with van der Waals surface area (Å²) in [6, 6.07) is 16.0. The molecular formula is C22H28N2O3. The summed E-state index contributed by atoms with van der Waals surface area (Å²) in [4.78, 5) is 12.3. The molecule has 5 nitrogen and oxygen atoms in total. The van der Waals surface area contributed by atoms with Crippen LogP contribution in [0.3, 0.4) is 0 Å². The number of benzene rings is 2. The van der Waals surface area contributed by atoms with Gasteiger partial charge in [-0.3, -0.25) is 4.79 Å². The fraction of sp³-hybridized carbons (Fsp3) is 0.409. The Morgan fingerprint density at radius 1 is 1.04 bits per heavy atom. The molecule has 1 saturated carbocycles. The zero-order valence-electron chi connectivity index (χ0n) is 15.5. The zero-order valence-corrected chi connectivity index (χ0v) is 15.5. The molecule has 2 aromatic carbocycles. The minimum atomic E-state index is -1.20. The number of amides is 1. The third-order valence-electron chi connectivity index (χ3n) is 5.11. The van der Waals surface area contributed by atoms with Gasteiger partial charge in [0.15, 0.2) is 0 Å². The van der Waals surface area contributed by atoms with E-state index in [1.165, 1.54) is 19.3 Å². The maximum Gasteiger partial charge on any atom is 0.254 e. The molecule has 0 bridgehead atoms. The van der Waals surface area contributed by atoms with Gasteiger partial charge in [-0.15, -0.1) is 0 Å². The molecule has 144 valence electrons. The van der Waals surface area contributed by atoms with Crippen molar-refractivity contribution in [3.63, 3.8) is 0 Å². The second kappa shape index (κ2) is 9.53. The number of nitrogens with one attached hydrogen (secondary N) is 1. The van der Waals surface area contributed by atoms with Crippen LogP contribution >= 0.6 is 0 Å². The summed E-state index contributed by atoms with van der Waals surface area (Å²) < 4.78 is 5.73. The third-order valence-corrected chi connectivity index (χ3v) is 5.11. The number of aliphatic hydroxyl groups is 1. The van der Waals surface area contributed by atoms with Gasteiger partial charge >= 0.3 is 0 Å². The van der Waals surface area contributed by atoms with E-state index in [2.05, 4.69) is 5.32 Å². The van der Waals surface area contributed by atoms with Gasteiger partial charge in [-0.2, -0.15) is 0 Å². The molecule has 0 spiro atoms. The van der Waals surface area contributed by atoms with Crippen LogP contribution in [0.2, 0.25) is 0 Å². The average molecular weight is 368 g/mol. The summed E-state index contributed by atoms with van der Waals surface area (Å²) in [6.07, 6.45) is 5.49. The molecule has 2 atom stereocenters. The number of carbonyl (C=O) groups is 1. The Bertz CT molecular complexity index is 712. The third kappa shape index (κ3) is 5.81. The van der Waals surface area contributed by atoms with Crippen molar-refractivity contribution in [2.45, 2.75) is 50.7 Å². The lowest BCUT2D eigenvalue weighted by Crippen LogP contribution is -2.44. The van der Waals surface area contributed by atoms with Crippen molar-refractivity contribution in [3.05, 3.63) is 54.6 Å². The van der Waals surface area contributed by atoms with Crippen LogP contribution in [-0.2, 0) is 4.79 Å². The van der Waals surface area contributed by atoms with E-state index < -0.39 is 18.1 Å². The summed E-state index contributed by atoms with van der Waals surface area (Å²) in [7, 11) is 0. The Morgan fingerprint density at radius 3 is 2.33 bits per heavy atom. The summed E-state index contributed by atoms with van der Waals surface area (Å²) in [5.74, 6) is 1.48. The van der Waals surface area contributed by atoms with Gasteiger partial charge in [-0.25, -0.2) is 0 Å². The number of ether oxygens (including phenoxy) is 1. The van der Waals surface area contributed by atoms with Gasteiger partial charge in [0.1, 0.15) is 17.6 Å². The Morgan fingerprint density at radius 2 is 1.67 bits per heavy atom. The number of para-hydroxylation sites is 1. The first kappa shape index (κ1) is 19.4. The van der Waals surface area contributed by atoms with E-state index in [4.69, 9.17) is 10.5 Å². The Labute approximate surface area is 160 Å². The van der Waals surface area contributed by atoms with Crippen LogP contribution in [0.15, 0.2) is 54.6 Å². The lowest BCUT2D eigenvalue weighted by molar-refractivity contribution is -0.125. The molecule has 0 saturated heterocycles. The van der Waals surface area contributed by atoms with Gasteiger partial charge in [0.25, 0.3) is 5.91 Å². The summed E-state index contributed by atoms with van der Waals surface area (Å²) >= 11 is 0. The van der Waals surface area contributed by atoms with Crippen LogP contribution in [0.5, 0.6) is 11.5 Å². The van der Waals surface area contributed by atoms with Gasteiger partial charge in [0.05, 0.1) is 0 Å². The Balaban J connectivity index is 1.50. The predicted molar refractivity (Wildman–Crippen MR) is 107 cm³/mol. The van der Waals surface area contributed by atoms with Crippen molar-refractivity contribution in [2.24, 2.45) is 11.7 Å². The fourth-order valence-electron chi connectivity index (χ4n) is 3.58. The maximum absolute atomic E-state index is 12.3. The van der Waals surface area contributed by atoms with E-state index in [0.717, 1.165) is 18.6 Å². The van der Waals surface area contributed by atoms with Gasteiger partial charge in [0.2, 0.25) is 0 Å². The molecule has 1 unspecified atom stereocenters. The number of carbonyl (C=O) groups excluding carboxylic acids is 1. The first-order chi connectivity index (χ1) is 13.1. The van der Waals surface area contributed by atoms with Crippen molar-refractivity contribution in [3.8, 4) is 11.5 Å². The standard InChI is InChI=1S/C22H28N2O3/c23-20(15-16-7-3-1-4-8-16)21(25)22(26)24-17-11-13-19(14-12-17)27-18-9-5-2-6-10-18/h2,5-6,9-14,16,20-21,25H,1,3-4,7-8,15,23H2,(H,24,26)/t20-,21?/m1/s1. The van der Waals surface area contributed by atoms with Crippen LogP contribution in [0.4, 0.5) is 5.69 Å². The van der Waals surface area contributed by atoms with Crippen molar-refractivity contribution in [1.29, 1.82) is 0 Å². The van der Waals surface area contributed by atoms with E-state index in [0.29, 0.717) is 23.8 Å². The molecule has 0 aromatic heterocycles. The van der Waals surface area contributed by atoms with E-state index in [9.17, 15) is 9.90 Å². The highest BCUT2D eigenvalue weighted by Crippen LogP contribution is 2.28. The predicted octanol–water partition coefficient (Wildman–Crippen LogP) is 4.08. The highest BCUT2D eigenvalue weighted by molar-refractivity contribution is 5.94. The number of anilines is 1. The number of hydrogen-bond donors (Lipinski definition) is 3. The quantitative estimate of drug-likeness (QED) is 0.688. The van der Waals surface area contributed by atoms with Crippen molar-refractivity contribution < 1.29 is 14.6 Å². The normalized spacial score (nSPS) is 17.1. The molecule has 2 aromatic rings. The van der Waals surface area contributed by atoms with Gasteiger partial charge < -0.3 is 20.9 Å². The van der Waals surface area contributed by atoms with Gasteiger partial charge in [-0.1, -0.05) is 50.3 Å². The number of nitrogens with two attached hydrogens (primary N) is 1. The molecule has 1 amide bonds. The first-order valence-electron chi connectivity index (χ1n) is 9.69. The molecule has 5 heteroatoms. The van der Waals surface area contributed by atoms with Crippen LogP contribution in [0.25, 0.3) is 0 Å². The second-order valence-electron chi connectivity index (χ2n) is 7.28. The van der Waals surface area contributed by atoms with Crippen LogP contribution in [0.1, 0.15) is 38.5 Å². The summed E-state index contributed by atoms with van der Waals surface area (Å²) in [5, 5.41) is 13.0. The van der Waals surface area contributed by atoms with Crippen molar-refractivity contribution in [1.82, 2.24) is 0 Å². The number of hydrogen-bond acceptors (Lipinski definition) is 4. The summed E-state index contributed by atoms with van der Waals surface area (Å²) in [6.45, 7) is 0.